The molecule has 1 aliphatic rings. The van der Waals surface area contributed by atoms with Crippen LogP contribution < -0.4 is 16.0 Å². The molecule has 0 aliphatic heterocycles. The Balaban J connectivity index is -0.000000556. The number of carbonyl (C=O) groups excluding carboxylic acids is 4. The normalized spacial score (nSPS) is 14.6. The summed E-state index contributed by atoms with van der Waals surface area (Å²) in [5.74, 6) is 0.127. The van der Waals surface area contributed by atoms with E-state index in [1.165, 1.54) is 5.57 Å². The summed E-state index contributed by atoms with van der Waals surface area (Å²) in [7, 11) is 1.82. The molecule has 2 amide bonds. The van der Waals surface area contributed by atoms with Crippen molar-refractivity contribution in [3.63, 3.8) is 0 Å². The molecule has 0 saturated carbocycles. The van der Waals surface area contributed by atoms with Gasteiger partial charge in [-0.15, -0.1) is 19.2 Å². The third-order valence-electron chi connectivity index (χ3n) is 6.10. The lowest BCUT2D eigenvalue weighted by molar-refractivity contribution is -0.128. The summed E-state index contributed by atoms with van der Waals surface area (Å²) in [6.45, 7) is 20.1. The van der Waals surface area contributed by atoms with Crippen molar-refractivity contribution in [3.05, 3.63) is 36.5 Å². The molecular formula is C32H59N3O4S. The lowest BCUT2D eigenvalue weighted by atomic mass is 10.00. The van der Waals surface area contributed by atoms with Crippen molar-refractivity contribution in [1.82, 2.24) is 16.0 Å². The fourth-order valence-electron chi connectivity index (χ4n) is 3.47. The van der Waals surface area contributed by atoms with Gasteiger partial charge in [-0.05, 0) is 44.2 Å². The van der Waals surface area contributed by atoms with Crippen LogP contribution >= 0.6 is 12.6 Å². The molecule has 232 valence electrons. The summed E-state index contributed by atoms with van der Waals surface area (Å²) in [6, 6.07) is -0.680. The highest BCUT2D eigenvalue weighted by atomic mass is 32.1. The number of unbranched alkanes of at least 4 members (excludes halogenated alkanes) is 2. The van der Waals surface area contributed by atoms with Crippen LogP contribution in [-0.4, -0.2) is 48.9 Å². The minimum Gasteiger partial charge on any atom is -0.351 e. The molecular weight excluding hydrogens is 522 g/mol. The number of thiol groups is 1. The molecule has 0 aromatic heterocycles. The molecule has 0 bridgehead atoms. The van der Waals surface area contributed by atoms with E-state index in [9.17, 15) is 19.2 Å². The average molecular weight is 582 g/mol. The van der Waals surface area contributed by atoms with Crippen molar-refractivity contribution < 1.29 is 19.2 Å². The molecule has 7 nitrogen and oxygen atoms in total. The number of carbonyl (C=O) groups is 4. The minimum atomic E-state index is -0.576. The molecule has 0 radical (unpaired) electrons. The van der Waals surface area contributed by atoms with E-state index in [0.29, 0.717) is 18.9 Å². The lowest BCUT2D eigenvalue weighted by Crippen LogP contribution is -2.46. The molecule has 0 aromatic carbocycles. The van der Waals surface area contributed by atoms with Crippen LogP contribution in [0.5, 0.6) is 0 Å². The highest BCUT2D eigenvalue weighted by Crippen LogP contribution is 2.12. The summed E-state index contributed by atoms with van der Waals surface area (Å²) in [4.78, 5) is 44.4. The second-order valence-corrected chi connectivity index (χ2v) is 10.3. The first-order valence-electron chi connectivity index (χ1n) is 14.9. The number of hydrogen-bond donors (Lipinski definition) is 4. The average Bonchev–Trinajstić information content (AvgIpc) is 2.95. The zero-order valence-electron chi connectivity index (χ0n) is 26.7. The number of hydrogen-bond acceptors (Lipinski definition) is 5. The Morgan fingerprint density at radius 2 is 1.65 bits per heavy atom. The van der Waals surface area contributed by atoms with Crippen molar-refractivity contribution in [1.29, 1.82) is 0 Å². The van der Waals surface area contributed by atoms with Gasteiger partial charge in [0, 0.05) is 24.8 Å². The van der Waals surface area contributed by atoms with E-state index in [4.69, 9.17) is 0 Å². The van der Waals surface area contributed by atoms with Crippen LogP contribution in [0.2, 0.25) is 0 Å². The zero-order valence-corrected chi connectivity index (χ0v) is 27.6. The maximum Gasteiger partial charge on any atom is 0.237 e. The van der Waals surface area contributed by atoms with Crippen LogP contribution in [0, 0.1) is 17.8 Å². The first-order chi connectivity index (χ1) is 19.0. The van der Waals surface area contributed by atoms with Gasteiger partial charge in [0.2, 0.25) is 16.9 Å². The highest BCUT2D eigenvalue weighted by Gasteiger charge is 2.24. The smallest absolute Gasteiger partial charge is 0.237 e. The van der Waals surface area contributed by atoms with Crippen molar-refractivity contribution in [2.45, 2.75) is 112 Å². The standard InChI is InChI=1S/C13H22N2O.C13H23NO2S.C4H8O.C2H6/c1-10(2)12(14-3)13(16)15-9-11-7-5-4-6-8-11;1-5-7-8-10(4)12(15)14-11(13(16)17)9(3)6-2;1-2-3-4-5;1-2/h5,7-8,10,12,14H,4,6,9H2,1-3H3,(H,15,16);6,9-11H,2,5,7-8H2,1,3-4H3,(H,14,15)(H,16,17);4H,2-3H2,1H3;1-2H3. The van der Waals surface area contributed by atoms with Gasteiger partial charge in [-0.3, -0.25) is 14.4 Å². The van der Waals surface area contributed by atoms with E-state index in [1.54, 1.807) is 6.08 Å². The van der Waals surface area contributed by atoms with Crippen molar-refractivity contribution in [2.24, 2.45) is 17.8 Å². The Hall–Kier alpha value is -2.19. The van der Waals surface area contributed by atoms with Crippen molar-refractivity contribution in [2.75, 3.05) is 13.6 Å². The predicted octanol–water partition coefficient (Wildman–Crippen LogP) is 6.21. The Morgan fingerprint density at radius 3 is 2.02 bits per heavy atom. The van der Waals surface area contributed by atoms with Crippen LogP contribution in [0.4, 0.5) is 0 Å². The summed E-state index contributed by atoms with van der Waals surface area (Å²) in [5.41, 5.74) is 1.21. The van der Waals surface area contributed by atoms with Gasteiger partial charge < -0.3 is 20.7 Å². The third-order valence-corrected chi connectivity index (χ3v) is 6.38. The molecule has 1 rings (SSSR count). The molecule has 0 spiro atoms. The molecule has 0 fully saturated rings. The number of aldehydes is 1. The monoisotopic (exact) mass is 581 g/mol. The maximum atomic E-state index is 11.9. The summed E-state index contributed by atoms with van der Waals surface area (Å²) in [5, 5.41) is 8.42. The quantitative estimate of drug-likeness (QED) is 0.105. The van der Waals surface area contributed by atoms with Crippen LogP contribution in [-0.2, 0) is 19.2 Å². The van der Waals surface area contributed by atoms with E-state index in [-0.39, 0.29) is 34.8 Å². The third kappa shape index (κ3) is 21.6. The predicted molar refractivity (Wildman–Crippen MR) is 173 cm³/mol. The second kappa shape index (κ2) is 28.3. The van der Waals surface area contributed by atoms with Crippen LogP contribution in [0.1, 0.15) is 100 Å². The largest absolute Gasteiger partial charge is 0.351 e. The maximum absolute atomic E-state index is 11.9. The van der Waals surface area contributed by atoms with Crippen molar-refractivity contribution in [3.8, 4) is 0 Å². The molecule has 1 aliphatic carbocycles. The number of allylic oxidation sites excluding steroid dienone is 2. The fraction of sp³-hybridized carbons (Fsp3) is 0.688. The highest BCUT2D eigenvalue weighted by molar-refractivity contribution is 7.96. The first-order valence-corrected chi connectivity index (χ1v) is 15.3. The van der Waals surface area contributed by atoms with Gasteiger partial charge in [-0.1, -0.05) is 92.5 Å². The van der Waals surface area contributed by atoms with Crippen LogP contribution in [0.3, 0.4) is 0 Å². The second-order valence-electron chi connectivity index (χ2n) is 9.90. The lowest BCUT2D eigenvalue weighted by Gasteiger charge is -2.21. The molecule has 8 heteroatoms. The van der Waals surface area contributed by atoms with E-state index in [0.717, 1.165) is 44.8 Å². The van der Waals surface area contributed by atoms with E-state index >= 15 is 0 Å². The molecule has 4 atom stereocenters. The topological polar surface area (TPSA) is 104 Å². The molecule has 4 unspecified atom stereocenters. The van der Waals surface area contributed by atoms with Gasteiger partial charge in [0.1, 0.15) is 12.3 Å². The van der Waals surface area contributed by atoms with Crippen LogP contribution in [0.15, 0.2) is 36.5 Å². The Bertz CT molecular complexity index is 765. The summed E-state index contributed by atoms with van der Waals surface area (Å²) >= 11 is 3.80. The molecule has 0 saturated heterocycles. The van der Waals surface area contributed by atoms with E-state index in [1.807, 2.05) is 55.5 Å². The number of likely N-dealkylation sites (N-methyl/N-ethyl adjacent to an activating group) is 1. The Morgan fingerprint density at radius 1 is 1.02 bits per heavy atom. The van der Waals surface area contributed by atoms with E-state index < -0.39 is 6.04 Å². The number of nitrogens with one attached hydrogen (secondary N) is 3. The molecule has 0 heterocycles. The molecule has 3 N–H and O–H groups in total. The van der Waals surface area contributed by atoms with Gasteiger partial charge in [-0.2, -0.15) is 0 Å². The molecule has 40 heavy (non-hydrogen) atoms. The first kappa shape index (κ1) is 42.3. The summed E-state index contributed by atoms with van der Waals surface area (Å²) < 4.78 is 0. The SMILES string of the molecule is C=CC(C)C(NC(=O)C(C)CCCC)C(=O)S.CC.CCCC=O.CNC(C(=O)NCC1=CCCC=C1)C(C)C. The number of amides is 2. The van der Waals surface area contributed by atoms with Gasteiger partial charge in [0.25, 0.3) is 0 Å². The van der Waals surface area contributed by atoms with Gasteiger partial charge in [-0.25, -0.2) is 0 Å². The van der Waals surface area contributed by atoms with E-state index in [2.05, 4.69) is 60.3 Å². The summed E-state index contributed by atoms with van der Waals surface area (Å²) in [6.07, 6.45) is 15.8. The van der Waals surface area contributed by atoms with Gasteiger partial charge in [0.05, 0.1) is 6.04 Å². The zero-order chi connectivity index (χ0) is 31.5. The van der Waals surface area contributed by atoms with Crippen LogP contribution in [0.25, 0.3) is 0 Å². The fourth-order valence-corrected chi connectivity index (χ4v) is 3.77. The van der Waals surface area contributed by atoms with Gasteiger partial charge in [0.15, 0.2) is 0 Å². The minimum absolute atomic E-state index is 0.0675. The molecule has 0 aromatic rings. The van der Waals surface area contributed by atoms with Crippen molar-refractivity contribution >= 4 is 35.8 Å². The van der Waals surface area contributed by atoms with Gasteiger partial charge >= 0.3 is 0 Å². The number of rotatable bonds is 15. The Labute approximate surface area is 250 Å². The Kier molecular flexibility index (Phi) is 30.0.